The average molecular weight is 357 g/mol. The van der Waals surface area contributed by atoms with Gasteiger partial charge in [0.25, 0.3) is 0 Å². The number of nitrogens with zero attached hydrogens (tertiary/aromatic N) is 2. The quantitative estimate of drug-likeness (QED) is 0.806. The fourth-order valence-corrected chi connectivity index (χ4v) is 5.35. The number of methoxy groups -OCH3 is 1. The maximum atomic E-state index is 13.4. The van der Waals surface area contributed by atoms with E-state index in [4.69, 9.17) is 4.74 Å². The molecule has 2 saturated heterocycles. The summed E-state index contributed by atoms with van der Waals surface area (Å²) in [6, 6.07) is 8.12. The van der Waals surface area contributed by atoms with Crippen LogP contribution in [0, 0.1) is 11.3 Å². The third kappa shape index (κ3) is 3.62. The molecule has 1 saturated carbocycles. The van der Waals surface area contributed by atoms with E-state index in [0.717, 1.165) is 56.1 Å². The van der Waals surface area contributed by atoms with E-state index in [0.29, 0.717) is 12.5 Å². The zero-order valence-electron chi connectivity index (χ0n) is 16.1. The summed E-state index contributed by atoms with van der Waals surface area (Å²) in [7, 11) is 1.69. The number of amides is 1. The Labute approximate surface area is 157 Å². The van der Waals surface area contributed by atoms with Crippen LogP contribution in [0.2, 0.25) is 0 Å². The van der Waals surface area contributed by atoms with E-state index in [9.17, 15) is 4.79 Å². The first kappa shape index (κ1) is 17.8. The van der Waals surface area contributed by atoms with E-state index in [2.05, 4.69) is 21.9 Å². The Bertz CT molecular complexity index is 641. The number of hydrogen-bond acceptors (Lipinski definition) is 3. The van der Waals surface area contributed by atoms with Crippen molar-refractivity contribution in [2.75, 3.05) is 33.3 Å². The van der Waals surface area contributed by atoms with Gasteiger partial charge in [-0.1, -0.05) is 25.0 Å². The summed E-state index contributed by atoms with van der Waals surface area (Å²) in [5.41, 5.74) is 1.05. The van der Waals surface area contributed by atoms with Gasteiger partial charge in [-0.3, -0.25) is 4.79 Å². The highest BCUT2D eigenvalue weighted by molar-refractivity contribution is 5.84. The minimum atomic E-state index is -0.115. The average Bonchev–Trinajstić information content (AvgIpc) is 3.31. The molecule has 1 aromatic carbocycles. The second kappa shape index (κ2) is 7.59. The van der Waals surface area contributed by atoms with Gasteiger partial charge in [0.05, 0.1) is 12.5 Å². The van der Waals surface area contributed by atoms with Crippen LogP contribution >= 0.6 is 0 Å². The summed E-state index contributed by atoms with van der Waals surface area (Å²) in [5, 5.41) is 0. The molecule has 3 aliphatic rings. The highest BCUT2D eigenvalue weighted by Crippen LogP contribution is 2.41. The summed E-state index contributed by atoms with van der Waals surface area (Å²) in [5.74, 6) is 2.13. The number of hydrogen-bond donors (Lipinski definition) is 0. The van der Waals surface area contributed by atoms with Gasteiger partial charge in [0, 0.05) is 26.2 Å². The lowest BCUT2D eigenvalue weighted by atomic mass is 9.78. The number of ether oxygens (including phenoxy) is 1. The Morgan fingerprint density at radius 2 is 2.00 bits per heavy atom. The van der Waals surface area contributed by atoms with Crippen LogP contribution in [-0.2, 0) is 11.3 Å². The standard InChI is InChI=1S/C22H32N2O2/c1-26-20-9-4-8-19(14-20)16-24-12-5-10-22(21(24)25)11-13-23(17-22)15-18-6-2-3-7-18/h4,8-9,14,18H,2-3,5-7,10-13,15-17H2,1H3/t22-/m0/s1. The molecule has 0 unspecified atom stereocenters. The molecular formula is C22H32N2O2. The van der Waals surface area contributed by atoms with Crippen molar-refractivity contribution >= 4 is 5.91 Å². The molecule has 3 fully saturated rings. The third-order valence-corrected chi connectivity index (χ3v) is 6.76. The molecule has 4 heteroatoms. The van der Waals surface area contributed by atoms with Crippen LogP contribution in [-0.4, -0.2) is 49.0 Å². The van der Waals surface area contributed by atoms with Crippen molar-refractivity contribution in [1.29, 1.82) is 0 Å². The summed E-state index contributed by atoms with van der Waals surface area (Å²) in [4.78, 5) is 18.0. The molecule has 0 bridgehead atoms. The fourth-order valence-electron chi connectivity index (χ4n) is 5.35. The normalized spacial score (nSPS) is 27.6. The second-order valence-corrected chi connectivity index (χ2v) is 8.60. The Morgan fingerprint density at radius 3 is 2.81 bits per heavy atom. The number of carbonyl (C=O) groups excluding carboxylic acids is 1. The van der Waals surface area contributed by atoms with Gasteiger partial charge < -0.3 is 14.5 Å². The lowest BCUT2D eigenvalue weighted by molar-refractivity contribution is -0.146. The molecule has 1 aromatic rings. The zero-order valence-corrected chi connectivity index (χ0v) is 16.1. The van der Waals surface area contributed by atoms with Crippen molar-refractivity contribution in [3.8, 4) is 5.75 Å². The number of piperidine rings is 1. The van der Waals surface area contributed by atoms with Crippen molar-refractivity contribution in [3.05, 3.63) is 29.8 Å². The summed E-state index contributed by atoms with van der Waals surface area (Å²) in [6.45, 7) is 4.90. The molecule has 0 aromatic heterocycles. The van der Waals surface area contributed by atoms with E-state index in [1.807, 2.05) is 12.1 Å². The van der Waals surface area contributed by atoms with Gasteiger partial charge in [-0.05, 0) is 62.3 Å². The first-order valence-electron chi connectivity index (χ1n) is 10.3. The molecule has 0 N–H and O–H groups in total. The van der Waals surface area contributed by atoms with Crippen molar-refractivity contribution in [1.82, 2.24) is 9.80 Å². The number of benzene rings is 1. The predicted molar refractivity (Wildman–Crippen MR) is 103 cm³/mol. The molecule has 26 heavy (non-hydrogen) atoms. The van der Waals surface area contributed by atoms with Crippen LogP contribution in [0.25, 0.3) is 0 Å². The predicted octanol–water partition coefficient (Wildman–Crippen LogP) is 3.70. The summed E-state index contributed by atoms with van der Waals surface area (Å²) < 4.78 is 5.33. The molecule has 1 spiro atoms. The zero-order chi connectivity index (χ0) is 18.0. The maximum Gasteiger partial charge on any atom is 0.230 e. The molecule has 1 atom stereocenters. The van der Waals surface area contributed by atoms with Crippen molar-refractivity contribution in [2.45, 2.75) is 51.5 Å². The van der Waals surface area contributed by atoms with Crippen molar-refractivity contribution in [2.24, 2.45) is 11.3 Å². The van der Waals surface area contributed by atoms with E-state index in [-0.39, 0.29) is 5.41 Å². The Balaban J connectivity index is 1.40. The Hall–Kier alpha value is -1.55. The third-order valence-electron chi connectivity index (χ3n) is 6.76. The SMILES string of the molecule is COc1cccc(CN2CCC[C@@]3(CCN(CC4CCCC4)C3)C2=O)c1. The van der Waals surface area contributed by atoms with Crippen LogP contribution in [0.4, 0.5) is 0 Å². The van der Waals surface area contributed by atoms with Crippen LogP contribution < -0.4 is 4.74 Å². The number of likely N-dealkylation sites (tertiary alicyclic amines) is 2. The monoisotopic (exact) mass is 356 g/mol. The minimum Gasteiger partial charge on any atom is -0.497 e. The van der Waals surface area contributed by atoms with Crippen molar-refractivity contribution in [3.63, 3.8) is 0 Å². The lowest BCUT2D eigenvalue weighted by Crippen LogP contribution is -2.49. The molecule has 4 rings (SSSR count). The summed E-state index contributed by atoms with van der Waals surface area (Å²) >= 11 is 0. The Morgan fingerprint density at radius 1 is 1.15 bits per heavy atom. The minimum absolute atomic E-state index is 0.115. The van der Waals surface area contributed by atoms with E-state index < -0.39 is 0 Å². The smallest absolute Gasteiger partial charge is 0.230 e. The van der Waals surface area contributed by atoms with E-state index in [1.165, 1.54) is 32.2 Å². The number of carbonyl (C=O) groups is 1. The van der Waals surface area contributed by atoms with Gasteiger partial charge in [0.15, 0.2) is 0 Å². The van der Waals surface area contributed by atoms with Gasteiger partial charge >= 0.3 is 0 Å². The Kier molecular flexibility index (Phi) is 5.21. The van der Waals surface area contributed by atoms with Gasteiger partial charge in [0.1, 0.15) is 5.75 Å². The van der Waals surface area contributed by atoms with Gasteiger partial charge in [-0.2, -0.15) is 0 Å². The van der Waals surface area contributed by atoms with Crippen LogP contribution in [0.3, 0.4) is 0 Å². The first-order chi connectivity index (χ1) is 12.7. The molecule has 2 heterocycles. The molecule has 2 aliphatic heterocycles. The summed E-state index contributed by atoms with van der Waals surface area (Å²) in [6.07, 6.45) is 8.83. The maximum absolute atomic E-state index is 13.4. The van der Waals surface area contributed by atoms with Gasteiger partial charge in [-0.25, -0.2) is 0 Å². The largest absolute Gasteiger partial charge is 0.497 e. The van der Waals surface area contributed by atoms with Crippen LogP contribution in [0.5, 0.6) is 5.75 Å². The molecule has 1 amide bonds. The molecule has 4 nitrogen and oxygen atoms in total. The fraction of sp³-hybridized carbons (Fsp3) is 0.682. The van der Waals surface area contributed by atoms with Crippen molar-refractivity contribution < 1.29 is 9.53 Å². The topological polar surface area (TPSA) is 32.8 Å². The molecule has 142 valence electrons. The number of rotatable bonds is 5. The van der Waals surface area contributed by atoms with Crippen LogP contribution in [0.15, 0.2) is 24.3 Å². The van der Waals surface area contributed by atoms with E-state index in [1.54, 1.807) is 7.11 Å². The first-order valence-corrected chi connectivity index (χ1v) is 10.3. The molecule has 1 aliphatic carbocycles. The van der Waals surface area contributed by atoms with Crippen LogP contribution in [0.1, 0.15) is 50.5 Å². The molecular weight excluding hydrogens is 324 g/mol. The second-order valence-electron chi connectivity index (χ2n) is 8.60. The lowest BCUT2D eigenvalue weighted by Gasteiger charge is -2.39. The molecule has 0 radical (unpaired) electrons. The highest BCUT2D eigenvalue weighted by Gasteiger charge is 2.48. The van der Waals surface area contributed by atoms with Gasteiger partial charge in [0.2, 0.25) is 5.91 Å². The highest BCUT2D eigenvalue weighted by atomic mass is 16.5. The van der Waals surface area contributed by atoms with E-state index >= 15 is 0 Å². The van der Waals surface area contributed by atoms with Gasteiger partial charge in [-0.15, -0.1) is 0 Å².